The van der Waals surface area contributed by atoms with Gasteiger partial charge in [-0.2, -0.15) is 5.26 Å². The van der Waals surface area contributed by atoms with Crippen molar-refractivity contribution in [2.45, 2.75) is 38.4 Å². The molecule has 4 heteroatoms. The van der Waals surface area contributed by atoms with Crippen LogP contribution in [0.25, 0.3) is 0 Å². The Morgan fingerprint density at radius 3 is 2.33 bits per heavy atom. The third-order valence-corrected chi connectivity index (χ3v) is 3.89. The smallest absolute Gasteiger partial charge is 0.166 e. The van der Waals surface area contributed by atoms with E-state index in [-0.39, 0.29) is 5.75 Å². The van der Waals surface area contributed by atoms with Gasteiger partial charge in [0.05, 0.1) is 11.8 Å². The molecule has 0 aliphatic heterocycles. The Morgan fingerprint density at radius 1 is 1.42 bits per heavy atom. The molecule has 0 aliphatic carbocycles. The second-order valence-corrected chi connectivity index (χ2v) is 5.05. The van der Waals surface area contributed by atoms with Crippen LogP contribution in [0.3, 0.4) is 0 Å². The highest BCUT2D eigenvalue weighted by atomic mass is 32.2. The fourth-order valence-corrected chi connectivity index (χ4v) is 2.56. The number of nitriles is 1. The van der Waals surface area contributed by atoms with E-state index in [0.717, 1.165) is 6.42 Å². The summed E-state index contributed by atoms with van der Waals surface area (Å²) in [7, 11) is -3.15. The molecular formula is C8H15NO2S. The van der Waals surface area contributed by atoms with Crippen LogP contribution in [0.15, 0.2) is 0 Å². The van der Waals surface area contributed by atoms with Crippen molar-refractivity contribution in [1.82, 2.24) is 0 Å². The Bertz CT molecular complexity index is 251. The second kappa shape index (κ2) is 5.15. The highest BCUT2D eigenvalue weighted by Gasteiger charge is 2.21. The molecule has 0 amide bonds. The zero-order chi connectivity index (χ0) is 9.61. The topological polar surface area (TPSA) is 57.9 Å². The molecule has 0 aromatic carbocycles. The van der Waals surface area contributed by atoms with Crippen molar-refractivity contribution in [3.8, 4) is 6.07 Å². The van der Waals surface area contributed by atoms with Gasteiger partial charge in [-0.15, -0.1) is 0 Å². The Balaban J connectivity index is 4.30. The van der Waals surface area contributed by atoms with E-state index in [9.17, 15) is 8.42 Å². The molecule has 0 aromatic heterocycles. The van der Waals surface area contributed by atoms with E-state index in [0.29, 0.717) is 12.8 Å². The van der Waals surface area contributed by atoms with Gasteiger partial charge in [0, 0.05) is 0 Å². The van der Waals surface area contributed by atoms with E-state index < -0.39 is 15.1 Å². The number of hydrogen-bond acceptors (Lipinski definition) is 3. The van der Waals surface area contributed by atoms with Crippen molar-refractivity contribution in [3.05, 3.63) is 0 Å². The molecule has 0 bridgehead atoms. The molecule has 0 N–H and O–H groups in total. The van der Waals surface area contributed by atoms with Gasteiger partial charge in [-0.3, -0.25) is 0 Å². The van der Waals surface area contributed by atoms with E-state index in [1.54, 1.807) is 6.92 Å². The lowest BCUT2D eigenvalue weighted by molar-refractivity contribution is 0.584. The van der Waals surface area contributed by atoms with Gasteiger partial charge in [-0.25, -0.2) is 8.42 Å². The Morgan fingerprint density at radius 2 is 2.00 bits per heavy atom. The summed E-state index contributed by atoms with van der Waals surface area (Å²) in [6.07, 6.45) is 1.89. The molecule has 0 saturated carbocycles. The monoisotopic (exact) mass is 189 g/mol. The van der Waals surface area contributed by atoms with Crippen LogP contribution in [0.1, 0.15) is 33.1 Å². The van der Waals surface area contributed by atoms with E-state index in [1.165, 1.54) is 0 Å². The summed E-state index contributed by atoms with van der Waals surface area (Å²) in [4.78, 5) is 0. The molecule has 1 unspecified atom stereocenters. The minimum absolute atomic E-state index is 0.148. The van der Waals surface area contributed by atoms with Crippen molar-refractivity contribution in [2.24, 2.45) is 0 Å². The first-order chi connectivity index (χ1) is 5.58. The highest BCUT2D eigenvalue weighted by molar-refractivity contribution is 7.92. The van der Waals surface area contributed by atoms with Gasteiger partial charge in [0.25, 0.3) is 0 Å². The Labute approximate surface area is 74.3 Å². The fourth-order valence-electron chi connectivity index (χ4n) is 0.913. The zero-order valence-electron chi connectivity index (χ0n) is 7.58. The lowest BCUT2D eigenvalue weighted by Crippen LogP contribution is -2.21. The first-order valence-corrected chi connectivity index (χ1v) is 5.91. The van der Waals surface area contributed by atoms with E-state index >= 15 is 0 Å². The molecule has 0 rings (SSSR count). The van der Waals surface area contributed by atoms with Crippen molar-refractivity contribution in [2.75, 3.05) is 5.75 Å². The third kappa shape index (κ3) is 3.22. The first-order valence-electron chi connectivity index (χ1n) is 4.19. The summed E-state index contributed by atoms with van der Waals surface area (Å²) in [5.41, 5.74) is 0. The maximum absolute atomic E-state index is 11.3. The minimum atomic E-state index is -3.15. The molecule has 0 saturated heterocycles. The molecule has 0 spiro atoms. The van der Waals surface area contributed by atoms with Crippen LogP contribution in [-0.2, 0) is 9.84 Å². The van der Waals surface area contributed by atoms with Crippen LogP contribution < -0.4 is 0 Å². The van der Waals surface area contributed by atoms with E-state index in [2.05, 4.69) is 0 Å². The molecule has 0 heterocycles. The van der Waals surface area contributed by atoms with E-state index in [1.807, 2.05) is 13.0 Å². The third-order valence-electron chi connectivity index (χ3n) is 1.73. The fraction of sp³-hybridized carbons (Fsp3) is 0.875. The molecule has 70 valence electrons. The largest absolute Gasteiger partial charge is 0.227 e. The predicted octanol–water partition coefficient (Wildman–Crippen LogP) is 1.50. The SMILES string of the molecule is CCCCS(=O)(=O)C(C#N)CC. The van der Waals surface area contributed by atoms with Crippen molar-refractivity contribution in [3.63, 3.8) is 0 Å². The molecule has 0 fully saturated rings. The molecule has 12 heavy (non-hydrogen) atoms. The Hall–Kier alpha value is -0.560. The summed E-state index contributed by atoms with van der Waals surface area (Å²) < 4.78 is 22.7. The maximum atomic E-state index is 11.3. The highest BCUT2D eigenvalue weighted by Crippen LogP contribution is 2.07. The maximum Gasteiger partial charge on any atom is 0.166 e. The predicted molar refractivity (Wildman–Crippen MR) is 48.4 cm³/mol. The van der Waals surface area contributed by atoms with Crippen LogP contribution in [0.4, 0.5) is 0 Å². The standard InChI is InChI=1S/C8H15NO2S/c1-3-5-6-12(10,11)8(4-2)7-9/h8H,3-6H2,1-2H3. The second-order valence-electron chi connectivity index (χ2n) is 2.75. The van der Waals surface area contributed by atoms with Gasteiger partial charge in [0.15, 0.2) is 9.84 Å². The van der Waals surface area contributed by atoms with Crippen LogP contribution in [0, 0.1) is 11.3 Å². The molecule has 1 atom stereocenters. The first kappa shape index (κ1) is 11.4. The van der Waals surface area contributed by atoms with Crippen molar-refractivity contribution < 1.29 is 8.42 Å². The summed E-state index contributed by atoms with van der Waals surface area (Å²) >= 11 is 0. The summed E-state index contributed by atoms with van der Waals surface area (Å²) in [5.74, 6) is 0.148. The van der Waals surface area contributed by atoms with Crippen LogP contribution in [0.5, 0.6) is 0 Å². The van der Waals surface area contributed by atoms with Gasteiger partial charge in [0.1, 0.15) is 5.25 Å². The average Bonchev–Trinajstić information content (AvgIpc) is 2.03. The summed E-state index contributed by atoms with van der Waals surface area (Å²) in [5, 5.41) is 7.73. The number of nitrogens with zero attached hydrogens (tertiary/aromatic N) is 1. The lowest BCUT2D eigenvalue weighted by atomic mass is 10.4. The van der Waals surface area contributed by atoms with Crippen LogP contribution >= 0.6 is 0 Å². The normalized spacial score (nSPS) is 13.8. The van der Waals surface area contributed by atoms with Crippen molar-refractivity contribution >= 4 is 9.84 Å². The number of rotatable bonds is 5. The average molecular weight is 189 g/mol. The van der Waals surface area contributed by atoms with Crippen molar-refractivity contribution in [1.29, 1.82) is 5.26 Å². The van der Waals surface area contributed by atoms with Crippen LogP contribution in [0.2, 0.25) is 0 Å². The zero-order valence-corrected chi connectivity index (χ0v) is 8.39. The van der Waals surface area contributed by atoms with Gasteiger partial charge < -0.3 is 0 Å². The molecule has 0 aromatic rings. The number of sulfone groups is 1. The molecular weight excluding hydrogens is 174 g/mol. The van der Waals surface area contributed by atoms with Gasteiger partial charge in [-0.1, -0.05) is 20.3 Å². The number of hydrogen-bond donors (Lipinski definition) is 0. The van der Waals surface area contributed by atoms with Crippen LogP contribution in [-0.4, -0.2) is 19.4 Å². The molecule has 0 aliphatic rings. The quantitative estimate of drug-likeness (QED) is 0.658. The molecule has 3 nitrogen and oxygen atoms in total. The van der Waals surface area contributed by atoms with Gasteiger partial charge in [-0.05, 0) is 12.8 Å². The lowest BCUT2D eigenvalue weighted by Gasteiger charge is -2.06. The summed E-state index contributed by atoms with van der Waals surface area (Å²) in [6, 6.07) is 1.81. The van der Waals surface area contributed by atoms with Gasteiger partial charge in [0.2, 0.25) is 0 Å². The minimum Gasteiger partial charge on any atom is -0.227 e. The number of unbranched alkanes of at least 4 members (excludes halogenated alkanes) is 1. The Kier molecular flexibility index (Phi) is 4.91. The van der Waals surface area contributed by atoms with Gasteiger partial charge >= 0.3 is 0 Å². The summed E-state index contributed by atoms with van der Waals surface area (Å²) in [6.45, 7) is 3.65. The van der Waals surface area contributed by atoms with E-state index in [4.69, 9.17) is 5.26 Å². The molecule has 0 radical (unpaired) electrons.